The summed E-state index contributed by atoms with van der Waals surface area (Å²) in [4.78, 5) is 0. The predicted octanol–water partition coefficient (Wildman–Crippen LogP) is 9.84. The first-order valence-corrected chi connectivity index (χ1v) is 23.2. The second kappa shape index (κ2) is 12.6. The summed E-state index contributed by atoms with van der Waals surface area (Å²) in [5, 5.41) is 5.01. The molecule has 0 amide bonds. The summed E-state index contributed by atoms with van der Waals surface area (Å²) in [5.41, 5.74) is 20.3. The molecule has 0 fully saturated rings. The Bertz CT molecular complexity index is 3320. The van der Waals surface area contributed by atoms with E-state index in [1.54, 1.807) is 0 Å². The molecule has 0 saturated heterocycles. The van der Waals surface area contributed by atoms with E-state index in [9.17, 15) is 0 Å². The Hall–Kier alpha value is -5.35. The molecule has 0 radical (unpaired) electrons. The molecule has 2 aliphatic heterocycles. The van der Waals surface area contributed by atoms with Gasteiger partial charge in [0.2, 0.25) is 0 Å². The fourth-order valence-corrected chi connectivity index (χ4v) is 12.6. The fourth-order valence-electron chi connectivity index (χ4n) is 10.1. The SMILES string of the molecule is Cc1ccc2c(oc3c(-c4cc5c6c(c4)-n4c7ccc(C(C)(C)C)cc7c7cc(C(C)(C)C)cc(c74)B6c4cc(C(C)(C)C)ccc4[Se]5)cccc32)c1-c1cccc[n+]1C. The van der Waals surface area contributed by atoms with Crippen LogP contribution in [0.2, 0.25) is 0 Å². The Morgan fingerprint density at radius 1 is 0.600 bits per heavy atom. The average molecular weight is 847 g/mol. The fraction of sp³-hybridized carbons (Fsp3) is 0.255. The molecule has 9 aromatic rings. The Morgan fingerprint density at radius 3 is 2.05 bits per heavy atom. The quantitative estimate of drug-likeness (QED) is 0.126. The number of para-hydroxylation sites is 1. The van der Waals surface area contributed by atoms with Crippen molar-refractivity contribution in [1.29, 1.82) is 0 Å². The average Bonchev–Trinajstić information content (AvgIpc) is 3.74. The second-order valence-corrected chi connectivity index (χ2v) is 22.9. The molecule has 11 rings (SSSR count). The summed E-state index contributed by atoms with van der Waals surface area (Å²) in [7, 11) is 2.12. The van der Waals surface area contributed by atoms with E-state index >= 15 is 0 Å². The Kier molecular flexibility index (Phi) is 7.90. The van der Waals surface area contributed by atoms with E-state index in [1.165, 1.54) is 80.6 Å². The normalized spacial score (nSPS) is 13.8. The number of hydrogen-bond donors (Lipinski definition) is 0. The van der Waals surface area contributed by atoms with E-state index in [0.717, 1.165) is 38.8 Å². The number of aryl methyl sites for hydroxylation is 2. The Morgan fingerprint density at radius 2 is 1.30 bits per heavy atom. The number of rotatable bonds is 2. The van der Waals surface area contributed by atoms with Crippen molar-refractivity contribution in [2.24, 2.45) is 7.05 Å². The van der Waals surface area contributed by atoms with Gasteiger partial charge in [0.15, 0.2) is 0 Å². The van der Waals surface area contributed by atoms with Crippen LogP contribution in [0.15, 0.2) is 120 Å². The zero-order valence-electron chi connectivity index (χ0n) is 36.8. The molecule has 5 heteroatoms. The van der Waals surface area contributed by atoms with Gasteiger partial charge in [-0.25, -0.2) is 0 Å². The third-order valence-corrected chi connectivity index (χ3v) is 15.9. The monoisotopic (exact) mass is 847 g/mol. The van der Waals surface area contributed by atoms with Crippen LogP contribution >= 0.6 is 0 Å². The Labute approximate surface area is 360 Å². The van der Waals surface area contributed by atoms with Crippen molar-refractivity contribution in [2.45, 2.75) is 85.5 Å². The van der Waals surface area contributed by atoms with Crippen LogP contribution in [0.1, 0.15) is 84.6 Å². The minimum atomic E-state index is -0.00995. The van der Waals surface area contributed by atoms with E-state index in [1.807, 2.05) is 0 Å². The van der Waals surface area contributed by atoms with Crippen molar-refractivity contribution in [3.8, 4) is 28.1 Å². The van der Waals surface area contributed by atoms with Crippen molar-refractivity contribution in [1.82, 2.24) is 4.57 Å². The number of pyridine rings is 1. The van der Waals surface area contributed by atoms with Crippen molar-refractivity contribution in [3.05, 3.63) is 138 Å². The second-order valence-electron chi connectivity index (χ2n) is 20.6. The molecular weight excluding hydrogens is 794 g/mol. The van der Waals surface area contributed by atoms with Gasteiger partial charge < -0.3 is 0 Å². The first kappa shape index (κ1) is 37.6. The van der Waals surface area contributed by atoms with Gasteiger partial charge >= 0.3 is 363 Å². The minimum absolute atomic E-state index is 0.00995. The van der Waals surface area contributed by atoms with Gasteiger partial charge in [-0.1, -0.05) is 0 Å². The van der Waals surface area contributed by atoms with Crippen molar-refractivity contribution in [2.75, 3.05) is 0 Å². The molecule has 2 aliphatic rings. The van der Waals surface area contributed by atoms with Gasteiger partial charge in [0.25, 0.3) is 0 Å². The number of benzene rings is 6. The molecule has 0 atom stereocenters. The number of fused-ring (bicyclic) bond motifs is 10. The molecule has 5 heterocycles. The molecule has 0 bridgehead atoms. The number of nitrogens with zero attached hydrogens (tertiary/aromatic N) is 2. The number of aromatic nitrogens is 2. The van der Waals surface area contributed by atoms with Gasteiger partial charge in [0, 0.05) is 0 Å². The maximum atomic E-state index is 7.16. The van der Waals surface area contributed by atoms with Gasteiger partial charge in [0.05, 0.1) is 0 Å². The van der Waals surface area contributed by atoms with Gasteiger partial charge in [-0.3, -0.25) is 0 Å². The maximum absolute atomic E-state index is 7.16. The molecule has 0 unspecified atom stereocenters. The summed E-state index contributed by atoms with van der Waals surface area (Å²) in [5.74, 6) is 0. The molecule has 3 aromatic heterocycles. The number of furan rings is 1. The number of hydrogen-bond acceptors (Lipinski definition) is 1. The van der Waals surface area contributed by atoms with Crippen LogP contribution in [0.5, 0.6) is 0 Å². The predicted molar refractivity (Wildman–Crippen MR) is 257 cm³/mol. The molecule has 0 aliphatic carbocycles. The molecule has 3 nitrogen and oxygen atoms in total. The Balaban J connectivity index is 1.25. The molecule has 6 aromatic carbocycles. The first-order chi connectivity index (χ1) is 28.5. The van der Waals surface area contributed by atoms with Gasteiger partial charge in [-0.05, 0) is 0 Å². The summed E-state index contributed by atoms with van der Waals surface area (Å²) >= 11 is 0.108. The van der Waals surface area contributed by atoms with Crippen LogP contribution in [-0.2, 0) is 23.3 Å². The van der Waals surface area contributed by atoms with Crippen molar-refractivity contribution < 1.29 is 8.98 Å². The van der Waals surface area contributed by atoms with Crippen LogP contribution in [0.3, 0.4) is 0 Å². The van der Waals surface area contributed by atoms with E-state index in [-0.39, 0.29) is 37.9 Å². The standard InChI is InChI=1S/C55H52BN2OSe/c1-31-18-21-38-37-16-14-15-36(51(37)59-52(38)48(31)44-17-12-13-24-57(44)11)32-25-45-49-47(26-32)60-46-23-20-34(54(5,6)7)29-41(46)56(49)42-30-35(55(8,9)10)28-40-39-27-33(53(2,3)4)19-22-43(39)58(45)50(40)42/h12-30H,1-11H3/q+1. The van der Waals surface area contributed by atoms with Crippen LogP contribution in [0, 0.1) is 6.92 Å². The van der Waals surface area contributed by atoms with Gasteiger partial charge in [-0.2, -0.15) is 0 Å². The van der Waals surface area contributed by atoms with Crippen LogP contribution in [0.4, 0.5) is 0 Å². The zero-order chi connectivity index (χ0) is 41.8. The summed E-state index contributed by atoms with van der Waals surface area (Å²) in [6.07, 6.45) is 2.12. The van der Waals surface area contributed by atoms with E-state index in [4.69, 9.17) is 4.42 Å². The molecule has 0 N–H and O–H groups in total. The molecule has 60 heavy (non-hydrogen) atoms. The molecule has 296 valence electrons. The van der Waals surface area contributed by atoms with E-state index in [0.29, 0.717) is 0 Å². The topological polar surface area (TPSA) is 21.9 Å². The van der Waals surface area contributed by atoms with Crippen molar-refractivity contribution in [3.63, 3.8) is 0 Å². The van der Waals surface area contributed by atoms with Crippen LogP contribution < -0.4 is 29.9 Å². The summed E-state index contributed by atoms with van der Waals surface area (Å²) < 4.78 is 14.9. The van der Waals surface area contributed by atoms with E-state index in [2.05, 4.69) is 201 Å². The first-order valence-electron chi connectivity index (χ1n) is 21.5. The van der Waals surface area contributed by atoms with Gasteiger partial charge in [0.1, 0.15) is 0 Å². The molecule has 0 saturated carbocycles. The third-order valence-electron chi connectivity index (χ3n) is 13.5. The summed E-state index contributed by atoms with van der Waals surface area (Å²) in [6, 6.07) is 42.4. The van der Waals surface area contributed by atoms with Gasteiger partial charge in [-0.15, -0.1) is 0 Å². The zero-order valence-corrected chi connectivity index (χ0v) is 38.5. The van der Waals surface area contributed by atoms with E-state index < -0.39 is 0 Å². The van der Waals surface area contributed by atoms with Crippen LogP contribution in [-0.4, -0.2) is 26.2 Å². The molecular formula is C55H52BN2OSe+. The summed E-state index contributed by atoms with van der Waals surface area (Å²) in [6.45, 7) is 23.5. The van der Waals surface area contributed by atoms with Crippen molar-refractivity contribution >= 4 is 90.7 Å². The third kappa shape index (κ3) is 5.44. The van der Waals surface area contributed by atoms with Crippen LogP contribution in [0.25, 0.3) is 71.8 Å². The molecule has 0 spiro atoms.